The Balaban J connectivity index is 2.29. The molecule has 2 aromatic rings. The summed E-state index contributed by atoms with van der Waals surface area (Å²) in [6.07, 6.45) is 2.42. The molecule has 1 atom stereocenters. The molecule has 0 saturated carbocycles. The highest BCUT2D eigenvalue weighted by Crippen LogP contribution is 2.25. The lowest BCUT2D eigenvalue weighted by molar-refractivity contribution is 0.651. The van der Waals surface area contributed by atoms with Crippen molar-refractivity contribution < 1.29 is 0 Å². The van der Waals surface area contributed by atoms with Gasteiger partial charge in [0.1, 0.15) is 5.82 Å². The third-order valence-electron chi connectivity index (χ3n) is 2.64. The van der Waals surface area contributed by atoms with E-state index in [1.165, 1.54) is 0 Å². The van der Waals surface area contributed by atoms with Crippen molar-refractivity contribution in [2.75, 3.05) is 5.32 Å². The van der Waals surface area contributed by atoms with Crippen LogP contribution in [-0.4, -0.2) is 23.9 Å². The predicted octanol–water partition coefficient (Wildman–Crippen LogP) is 1.98. The number of hydrogen-bond acceptors (Lipinski definition) is 5. The van der Waals surface area contributed by atoms with Gasteiger partial charge >= 0.3 is 0 Å². The van der Waals surface area contributed by atoms with Crippen molar-refractivity contribution >= 4 is 40.9 Å². The molecule has 90 valence electrons. The zero-order valence-corrected chi connectivity index (χ0v) is 11.0. The minimum Gasteiger partial charge on any atom is -0.365 e. The molecule has 2 rings (SSSR count). The van der Waals surface area contributed by atoms with E-state index < -0.39 is 0 Å². The van der Waals surface area contributed by atoms with E-state index in [1.54, 1.807) is 11.3 Å². The summed E-state index contributed by atoms with van der Waals surface area (Å²) in [7, 11) is 5.68. The van der Waals surface area contributed by atoms with Gasteiger partial charge in [-0.1, -0.05) is 13.3 Å². The summed E-state index contributed by atoms with van der Waals surface area (Å²) < 4.78 is 0.989. The Morgan fingerprint density at radius 2 is 2.39 bits per heavy atom. The second-order valence-electron chi connectivity index (χ2n) is 4.06. The summed E-state index contributed by atoms with van der Waals surface area (Å²) in [5, 5.41) is 14.1. The minimum absolute atomic E-state index is 0.111. The Kier molecular flexibility index (Phi) is 4.16. The molecule has 0 aliphatic rings. The van der Waals surface area contributed by atoms with Crippen LogP contribution in [0.2, 0.25) is 0 Å². The normalized spacial score (nSPS) is 12.2. The van der Waals surface area contributed by atoms with Crippen molar-refractivity contribution in [3.8, 4) is 6.07 Å². The Bertz CT molecular complexity index is 575. The van der Waals surface area contributed by atoms with Gasteiger partial charge in [-0.3, -0.25) is 0 Å². The lowest BCUT2D eigenvalue weighted by atomic mass is 10.1. The average Bonchev–Trinajstić information content (AvgIpc) is 2.77. The Labute approximate surface area is 111 Å². The molecule has 0 aliphatic carbocycles. The summed E-state index contributed by atoms with van der Waals surface area (Å²) in [5.41, 5.74) is 1.11. The molecule has 2 heterocycles. The van der Waals surface area contributed by atoms with Gasteiger partial charge in [0.2, 0.25) is 0 Å². The molecule has 18 heavy (non-hydrogen) atoms. The van der Waals surface area contributed by atoms with Crippen LogP contribution in [0, 0.1) is 11.3 Å². The van der Waals surface area contributed by atoms with Crippen LogP contribution in [-0.2, 0) is 0 Å². The first-order chi connectivity index (χ1) is 8.74. The van der Waals surface area contributed by atoms with Gasteiger partial charge in [0.15, 0.2) is 7.85 Å². The maximum absolute atomic E-state index is 8.82. The second-order valence-corrected chi connectivity index (χ2v) is 4.97. The Morgan fingerprint density at radius 3 is 3.11 bits per heavy atom. The summed E-state index contributed by atoms with van der Waals surface area (Å²) in [6, 6.07) is 4.23. The van der Waals surface area contributed by atoms with Crippen LogP contribution in [0.5, 0.6) is 0 Å². The lowest BCUT2D eigenvalue weighted by Crippen LogP contribution is -2.22. The summed E-state index contributed by atoms with van der Waals surface area (Å²) in [4.78, 5) is 8.40. The molecule has 0 amide bonds. The van der Waals surface area contributed by atoms with Gasteiger partial charge in [-0.25, -0.2) is 9.97 Å². The highest BCUT2D eigenvalue weighted by atomic mass is 32.1. The van der Waals surface area contributed by atoms with E-state index in [0.717, 1.165) is 28.9 Å². The molecule has 2 aromatic heterocycles. The van der Waals surface area contributed by atoms with Gasteiger partial charge in [0.05, 0.1) is 28.4 Å². The van der Waals surface area contributed by atoms with E-state index >= 15 is 0 Å². The molecule has 0 bridgehead atoms. The van der Waals surface area contributed by atoms with Gasteiger partial charge in [0, 0.05) is 6.04 Å². The van der Waals surface area contributed by atoms with Crippen LogP contribution in [0.3, 0.4) is 0 Å². The fourth-order valence-corrected chi connectivity index (χ4v) is 2.64. The monoisotopic (exact) mass is 256 g/mol. The molecule has 6 heteroatoms. The van der Waals surface area contributed by atoms with Crippen LogP contribution >= 0.6 is 11.3 Å². The fraction of sp³-hybridized carbons (Fsp3) is 0.417. The quantitative estimate of drug-likeness (QED) is 0.831. The summed E-state index contributed by atoms with van der Waals surface area (Å²) >= 11 is 1.57. The van der Waals surface area contributed by atoms with Gasteiger partial charge in [-0.2, -0.15) is 5.26 Å². The predicted molar refractivity (Wildman–Crippen MR) is 75.4 cm³/mol. The highest BCUT2D eigenvalue weighted by molar-refractivity contribution is 7.17. The van der Waals surface area contributed by atoms with Crippen molar-refractivity contribution in [1.82, 2.24) is 9.97 Å². The van der Waals surface area contributed by atoms with Gasteiger partial charge in [-0.05, 0) is 17.9 Å². The standard InChI is InChI=1S/C12H13BN4S/c1-2-3-8(4-6-14)15-11-10-9(5-7-18-10)16-12(13)17-11/h5,7-8H,2-4H2,1H3,(H,15,16,17)/t8-/m0/s1. The zero-order chi connectivity index (χ0) is 13.0. The number of rotatable bonds is 5. The zero-order valence-electron chi connectivity index (χ0n) is 10.2. The van der Waals surface area contributed by atoms with E-state index in [0.29, 0.717) is 6.42 Å². The van der Waals surface area contributed by atoms with E-state index in [4.69, 9.17) is 13.1 Å². The molecular weight excluding hydrogens is 243 g/mol. The number of hydrogen-bond donors (Lipinski definition) is 1. The first-order valence-corrected chi connectivity index (χ1v) is 6.76. The number of anilines is 1. The molecule has 0 aliphatic heterocycles. The molecule has 1 N–H and O–H groups in total. The molecule has 0 spiro atoms. The van der Waals surface area contributed by atoms with Gasteiger partial charge in [0.25, 0.3) is 0 Å². The molecule has 0 aromatic carbocycles. The van der Waals surface area contributed by atoms with E-state index in [1.807, 2.05) is 11.4 Å². The smallest absolute Gasteiger partial charge is 0.170 e. The first-order valence-electron chi connectivity index (χ1n) is 5.88. The van der Waals surface area contributed by atoms with Crippen molar-refractivity contribution in [1.29, 1.82) is 5.26 Å². The van der Waals surface area contributed by atoms with E-state index in [-0.39, 0.29) is 11.8 Å². The molecule has 4 nitrogen and oxygen atoms in total. The fourth-order valence-electron chi connectivity index (χ4n) is 1.86. The number of nitriles is 1. The maximum atomic E-state index is 8.82. The van der Waals surface area contributed by atoms with E-state index in [2.05, 4.69) is 28.3 Å². The lowest BCUT2D eigenvalue weighted by Gasteiger charge is -2.16. The Hall–Kier alpha value is -1.61. The van der Waals surface area contributed by atoms with Crippen LogP contribution < -0.4 is 11.0 Å². The molecule has 0 fully saturated rings. The first kappa shape index (κ1) is 12.8. The third kappa shape index (κ3) is 2.80. The van der Waals surface area contributed by atoms with E-state index in [9.17, 15) is 0 Å². The number of aromatic nitrogens is 2. The van der Waals surface area contributed by atoms with Crippen LogP contribution in [0.15, 0.2) is 11.4 Å². The minimum atomic E-state index is 0.111. The maximum Gasteiger partial charge on any atom is 0.170 e. The Morgan fingerprint density at radius 1 is 1.56 bits per heavy atom. The topological polar surface area (TPSA) is 61.6 Å². The summed E-state index contributed by atoms with van der Waals surface area (Å²) in [5.74, 6) is 0.737. The number of nitrogens with zero attached hydrogens (tertiary/aromatic N) is 3. The van der Waals surface area contributed by atoms with Crippen molar-refractivity contribution in [3.63, 3.8) is 0 Å². The third-order valence-corrected chi connectivity index (χ3v) is 3.55. The largest absolute Gasteiger partial charge is 0.365 e. The van der Waals surface area contributed by atoms with Crippen molar-refractivity contribution in [2.24, 2.45) is 0 Å². The van der Waals surface area contributed by atoms with Gasteiger partial charge in [-0.15, -0.1) is 11.3 Å². The van der Waals surface area contributed by atoms with Gasteiger partial charge < -0.3 is 5.32 Å². The molecule has 0 unspecified atom stereocenters. The second kappa shape index (κ2) is 5.83. The van der Waals surface area contributed by atoms with Crippen LogP contribution in [0.1, 0.15) is 26.2 Å². The molecule has 2 radical (unpaired) electrons. The van der Waals surface area contributed by atoms with Crippen molar-refractivity contribution in [2.45, 2.75) is 32.2 Å². The number of fused-ring (bicyclic) bond motifs is 1. The van der Waals surface area contributed by atoms with Crippen LogP contribution in [0.4, 0.5) is 5.82 Å². The number of nitrogens with one attached hydrogen (secondary N) is 1. The molecule has 0 saturated heterocycles. The van der Waals surface area contributed by atoms with Crippen molar-refractivity contribution in [3.05, 3.63) is 11.4 Å². The summed E-state index contributed by atoms with van der Waals surface area (Å²) in [6.45, 7) is 2.10. The highest BCUT2D eigenvalue weighted by Gasteiger charge is 2.12. The SMILES string of the molecule is [B]c1nc(N[C@H](CC#N)CCC)c2sccc2n1. The number of thiophene rings is 1. The molecular formula is C12H13BN4S. The van der Waals surface area contributed by atoms with Crippen LogP contribution in [0.25, 0.3) is 10.2 Å². The average molecular weight is 256 g/mol.